The highest BCUT2D eigenvalue weighted by Gasteiger charge is 2.39. The van der Waals surface area contributed by atoms with Crippen molar-refractivity contribution in [2.24, 2.45) is 0 Å². The molecular formula is C11H15F3N2O2S. The molecule has 8 heteroatoms. The third-order valence-electron chi connectivity index (χ3n) is 2.43. The lowest BCUT2D eigenvalue weighted by Crippen LogP contribution is -2.19. The molecular weight excluding hydrogens is 281 g/mol. The SMILES string of the molecule is CCCCN(C)Cc1nc(C(F)(F)F)c(C(=O)O)s1. The number of carbonyl (C=O) groups is 1. The Morgan fingerprint density at radius 1 is 1.47 bits per heavy atom. The van der Waals surface area contributed by atoms with Gasteiger partial charge < -0.3 is 5.11 Å². The third-order valence-corrected chi connectivity index (χ3v) is 3.46. The number of halogens is 3. The lowest BCUT2D eigenvalue weighted by molar-refractivity contribution is -0.141. The van der Waals surface area contributed by atoms with Gasteiger partial charge in [0.15, 0.2) is 5.69 Å². The Morgan fingerprint density at radius 2 is 2.11 bits per heavy atom. The highest BCUT2D eigenvalue weighted by molar-refractivity contribution is 7.13. The zero-order valence-corrected chi connectivity index (χ0v) is 11.4. The monoisotopic (exact) mass is 296 g/mol. The Bertz CT molecular complexity index is 446. The predicted molar refractivity (Wildman–Crippen MR) is 65.3 cm³/mol. The summed E-state index contributed by atoms with van der Waals surface area (Å²) in [5.74, 6) is -1.59. The minimum atomic E-state index is -4.73. The molecule has 0 atom stereocenters. The second kappa shape index (κ2) is 6.33. The summed E-state index contributed by atoms with van der Waals surface area (Å²) in [5, 5.41) is 8.94. The summed E-state index contributed by atoms with van der Waals surface area (Å²) in [6.07, 6.45) is -2.82. The number of aromatic nitrogens is 1. The van der Waals surface area contributed by atoms with Gasteiger partial charge in [-0.15, -0.1) is 11.3 Å². The second-order valence-electron chi connectivity index (χ2n) is 4.18. The quantitative estimate of drug-likeness (QED) is 0.876. The normalized spacial score (nSPS) is 12.1. The molecule has 0 fully saturated rings. The van der Waals surface area contributed by atoms with Crippen LogP contribution in [0, 0.1) is 0 Å². The first-order chi connectivity index (χ1) is 8.75. The fourth-order valence-electron chi connectivity index (χ4n) is 1.51. The van der Waals surface area contributed by atoms with Crippen LogP contribution in [-0.4, -0.2) is 34.6 Å². The molecule has 0 radical (unpaired) electrons. The van der Waals surface area contributed by atoms with Gasteiger partial charge in [0.1, 0.15) is 9.88 Å². The molecule has 0 bridgehead atoms. The van der Waals surface area contributed by atoms with Crippen LogP contribution in [0.4, 0.5) is 13.2 Å². The molecule has 1 aromatic heterocycles. The molecule has 0 aliphatic carbocycles. The minimum absolute atomic E-state index is 0.170. The maximum atomic E-state index is 12.6. The Balaban J connectivity index is 2.90. The van der Waals surface area contributed by atoms with Crippen LogP contribution in [-0.2, 0) is 12.7 Å². The number of aromatic carboxylic acids is 1. The van der Waals surface area contributed by atoms with Gasteiger partial charge in [-0.05, 0) is 20.0 Å². The lowest BCUT2D eigenvalue weighted by atomic mass is 10.3. The topological polar surface area (TPSA) is 53.4 Å². The van der Waals surface area contributed by atoms with Crippen LogP contribution < -0.4 is 0 Å². The molecule has 19 heavy (non-hydrogen) atoms. The first kappa shape index (κ1) is 15.9. The van der Waals surface area contributed by atoms with E-state index >= 15 is 0 Å². The number of carboxylic acids is 1. The van der Waals surface area contributed by atoms with E-state index in [1.165, 1.54) is 0 Å². The molecule has 0 unspecified atom stereocenters. The summed E-state index contributed by atoms with van der Waals surface area (Å²) in [5.41, 5.74) is -1.30. The largest absolute Gasteiger partial charge is 0.477 e. The number of rotatable bonds is 6. The molecule has 108 valence electrons. The van der Waals surface area contributed by atoms with Crippen molar-refractivity contribution in [3.63, 3.8) is 0 Å². The van der Waals surface area contributed by atoms with Gasteiger partial charge in [0.2, 0.25) is 0 Å². The Morgan fingerprint density at radius 3 is 2.53 bits per heavy atom. The van der Waals surface area contributed by atoms with Gasteiger partial charge >= 0.3 is 12.1 Å². The van der Waals surface area contributed by atoms with Crippen LogP contribution in [0.15, 0.2) is 0 Å². The lowest BCUT2D eigenvalue weighted by Gasteiger charge is -2.13. The first-order valence-corrected chi connectivity index (χ1v) is 6.56. The number of hydrogen-bond donors (Lipinski definition) is 1. The average Bonchev–Trinajstić information content (AvgIpc) is 2.70. The van der Waals surface area contributed by atoms with Crippen molar-refractivity contribution in [3.05, 3.63) is 15.6 Å². The van der Waals surface area contributed by atoms with Crippen LogP contribution in [0.25, 0.3) is 0 Å². The molecule has 1 heterocycles. The number of unbranched alkanes of at least 4 members (excludes halogenated alkanes) is 1. The van der Waals surface area contributed by atoms with Crippen molar-refractivity contribution in [1.29, 1.82) is 0 Å². The summed E-state index contributed by atoms with van der Waals surface area (Å²) in [6, 6.07) is 0. The van der Waals surface area contributed by atoms with E-state index in [0.717, 1.165) is 19.4 Å². The summed E-state index contributed by atoms with van der Waals surface area (Å²) in [6.45, 7) is 2.97. The third kappa shape index (κ3) is 4.46. The zero-order chi connectivity index (χ0) is 14.6. The number of carboxylic acid groups (broad SMARTS) is 1. The fraction of sp³-hybridized carbons (Fsp3) is 0.636. The molecule has 1 rings (SSSR count). The van der Waals surface area contributed by atoms with E-state index in [0.29, 0.717) is 11.3 Å². The van der Waals surface area contributed by atoms with Gasteiger partial charge in [-0.25, -0.2) is 9.78 Å². The van der Waals surface area contributed by atoms with Crippen molar-refractivity contribution < 1.29 is 23.1 Å². The fourth-order valence-corrected chi connectivity index (χ4v) is 2.51. The molecule has 0 aliphatic heterocycles. The number of hydrogen-bond acceptors (Lipinski definition) is 4. The van der Waals surface area contributed by atoms with E-state index in [4.69, 9.17) is 5.11 Å². The van der Waals surface area contributed by atoms with E-state index in [1.807, 2.05) is 11.8 Å². The summed E-state index contributed by atoms with van der Waals surface area (Å²) in [7, 11) is 1.77. The van der Waals surface area contributed by atoms with Gasteiger partial charge in [-0.3, -0.25) is 4.90 Å². The molecule has 0 spiro atoms. The van der Waals surface area contributed by atoms with Crippen molar-refractivity contribution in [2.45, 2.75) is 32.5 Å². The van der Waals surface area contributed by atoms with E-state index in [-0.39, 0.29) is 11.6 Å². The Kier molecular flexibility index (Phi) is 5.30. The van der Waals surface area contributed by atoms with Crippen LogP contribution in [0.1, 0.15) is 40.1 Å². The molecule has 0 aromatic carbocycles. The van der Waals surface area contributed by atoms with Crippen molar-refractivity contribution >= 4 is 17.3 Å². The van der Waals surface area contributed by atoms with Gasteiger partial charge in [0.25, 0.3) is 0 Å². The van der Waals surface area contributed by atoms with Crippen molar-refractivity contribution in [3.8, 4) is 0 Å². The molecule has 0 saturated heterocycles. The predicted octanol–water partition coefficient (Wildman–Crippen LogP) is 3.09. The highest BCUT2D eigenvalue weighted by Crippen LogP contribution is 2.34. The Labute approximate surface area is 112 Å². The first-order valence-electron chi connectivity index (χ1n) is 5.74. The highest BCUT2D eigenvalue weighted by atomic mass is 32.1. The summed E-state index contributed by atoms with van der Waals surface area (Å²) in [4.78, 5) is 15.3. The van der Waals surface area contributed by atoms with Crippen molar-refractivity contribution in [1.82, 2.24) is 9.88 Å². The molecule has 1 N–H and O–H groups in total. The minimum Gasteiger partial charge on any atom is -0.477 e. The van der Waals surface area contributed by atoms with Crippen molar-refractivity contribution in [2.75, 3.05) is 13.6 Å². The maximum absolute atomic E-state index is 12.6. The van der Waals surface area contributed by atoms with Crippen LogP contribution in [0.2, 0.25) is 0 Å². The maximum Gasteiger partial charge on any atom is 0.435 e. The second-order valence-corrected chi connectivity index (χ2v) is 5.26. The van der Waals surface area contributed by atoms with E-state index < -0.39 is 22.7 Å². The van der Waals surface area contributed by atoms with E-state index in [1.54, 1.807) is 7.05 Å². The molecule has 0 amide bonds. The zero-order valence-electron chi connectivity index (χ0n) is 10.6. The molecule has 1 aromatic rings. The molecule has 0 aliphatic rings. The molecule has 0 saturated carbocycles. The number of alkyl halides is 3. The number of nitrogens with zero attached hydrogens (tertiary/aromatic N) is 2. The van der Waals surface area contributed by atoms with Crippen LogP contribution in [0.3, 0.4) is 0 Å². The Hall–Kier alpha value is -1.15. The van der Waals surface area contributed by atoms with Gasteiger partial charge in [0, 0.05) is 0 Å². The summed E-state index contributed by atoms with van der Waals surface area (Å²) >= 11 is 0.584. The number of thiazole rings is 1. The standard InChI is InChI=1S/C11H15F3N2O2S/c1-3-4-5-16(2)6-7-15-9(11(12,13)14)8(19-7)10(17)18/h3-6H2,1-2H3,(H,17,18). The van der Waals surface area contributed by atoms with Crippen LogP contribution >= 0.6 is 11.3 Å². The smallest absolute Gasteiger partial charge is 0.435 e. The summed E-state index contributed by atoms with van der Waals surface area (Å²) < 4.78 is 37.9. The average molecular weight is 296 g/mol. The van der Waals surface area contributed by atoms with Gasteiger partial charge in [0.05, 0.1) is 6.54 Å². The van der Waals surface area contributed by atoms with E-state index in [9.17, 15) is 18.0 Å². The van der Waals surface area contributed by atoms with Gasteiger partial charge in [-0.2, -0.15) is 13.2 Å². The van der Waals surface area contributed by atoms with E-state index in [2.05, 4.69) is 4.98 Å². The van der Waals surface area contributed by atoms with Gasteiger partial charge in [-0.1, -0.05) is 13.3 Å². The van der Waals surface area contributed by atoms with Crippen LogP contribution in [0.5, 0.6) is 0 Å². The molecule has 4 nitrogen and oxygen atoms in total.